The van der Waals surface area contributed by atoms with Crippen molar-refractivity contribution >= 4 is 34.1 Å². The number of alkyl halides is 3. The Hall–Kier alpha value is -2.80. The van der Waals surface area contributed by atoms with Gasteiger partial charge in [-0.2, -0.15) is 13.2 Å². The third-order valence-corrected chi connectivity index (χ3v) is 6.18. The van der Waals surface area contributed by atoms with Crippen LogP contribution < -0.4 is 10.6 Å². The Kier molecular flexibility index (Phi) is 7.08. The van der Waals surface area contributed by atoms with Crippen LogP contribution in [0.4, 0.5) is 18.9 Å². The normalized spacial score (nSPS) is 18.8. The van der Waals surface area contributed by atoms with Crippen LogP contribution >= 0.6 is 11.6 Å². The van der Waals surface area contributed by atoms with Gasteiger partial charge in [0.25, 0.3) is 0 Å². The number of nitrogens with one attached hydrogen (secondary N) is 2. The first-order valence-corrected chi connectivity index (χ1v) is 11.4. The van der Waals surface area contributed by atoms with Crippen LogP contribution in [-0.2, 0) is 17.6 Å². The topological polar surface area (TPSA) is 54.0 Å². The van der Waals surface area contributed by atoms with E-state index in [9.17, 15) is 18.0 Å². The van der Waals surface area contributed by atoms with Crippen molar-refractivity contribution < 1.29 is 18.0 Å². The summed E-state index contributed by atoms with van der Waals surface area (Å²) in [5.41, 5.74) is 2.78. The van der Waals surface area contributed by atoms with Gasteiger partial charge < -0.3 is 10.6 Å². The Bertz CT molecular complexity index is 1110. The SMILES string of the molecule is O=C(Cc1ccc(CC(F)(F)F)cc1)NC1CCC(Nc2ccnc3cc(Cl)ccc23)CC1. The number of carbonyl (C=O) groups excluding carboxylic acids is 1. The summed E-state index contributed by atoms with van der Waals surface area (Å²) < 4.78 is 37.4. The number of pyridine rings is 1. The molecule has 174 valence electrons. The fourth-order valence-electron chi connectivity index (χ4n) is 4.32. The highest BCUT2D eigenvalue weighted by Crippen LogP contribution is 2.28. The van der Waals surface area contributed by atoms with Gasteiger partial charge >= 0.3 is 6.18 Å². The van der Waals surface area contributed by atoms with Gasteiger partial charge in [0.15, 0.2) is 0 Å². The van der Waals surface area contributed by atoms with Crippen molar-refractivity contribution in [1.29, 1.82) is 0 Å². The molecule has 1 amide bonds. The molecule has 2 N–H and O–H groups in total. The fourth-order valence-corrected chi connectivity index (χ4v) is 4.49. The minimum atomic E-state index is -4.23. The zero-order valence-corrected chi connectivity index (χ0v) is 18.7. The third kappa shape index (κ3) is 6.60. The number of amides is 1. The second-order valence-electron chi connectivity index (χ2n) is 8.57. The van der Waals surface area contributed by atoms with Gasteiger partial charge in [0.05, 0.1) is 18.4 Å². The first kappa shape index (κ1) is 23.4. The van der Waals surface area contributed by atoms with Crippen molar-refractivity contribution in [2.45, 2.75) is 56.8 Å². The molecular formula is C25H25ClF3N3O. The van der Waals surface area contributed by atoms with Crippen molar-refractivity contribution in [3.05, 3.63) is 70.9 Å². The van der Waals surface area contributed by atoms with Gasteiger partial charge in [0.2, 0.25) is 5.91 Å². The summed E-state index contributed by atoms with van der Waals surface area (Å²) in [7, 11) is 0. The zero-order valence-electron chi connectivity index (χ0n) is 18.0. The van der Waals surface area contributed by atoms with Crippen molar-refractivity contribution in [3.63, 3.8) is 0 Å². The van der Waals surface area contributed by atoms with Gasteiger partial charge in [-0.3, -0.25) is 9.78 Å². The molecule has 0 bridgehead atoms. The predicted molar refractivity (Wildman–Crippen MR) is 124 cm³/mol. The van der Waals surface area contributed by atoms with E-state index in [0.29, 0.717) is 16.6 Å². The molecule has 0 radical (unpaired) electrons. The summed E-state index contributed by atoms with van der Waals surface area (Å²) in [5, 5.41) is 8.35. The second kappa shape index (κ2) is 10.00. The summed E-state index contributed by atoms with van der Waals surface area (Å²) in [6.07, 6.45) is 0.317. The van der Waals surface area contributed by atoms with E-state index in [0.717, 1.165) is 42.3 Å². The average molecular weight is 476 g/mol. The van der Waals surface area contributed by atoms with E-state index in [1.807, 2.05) is 24.3 Å². The molecule has 3 aromatic rings. The summed E-state index contributed by atoms with van der Waals surface area (Å²) in [6.45, 7) is 0. The lowest BCUT2D eigenvalue weighted by atomic mass is 9.90. The van der Waals surface area contributed by atoms with Gasteiger partial charge in [0, 0.05) is 34.4 Å². The monoisotopic (exact) mass is 475 g/mol. The van der Waals surface area contributed by atoms with E-state index >= 15 is 0 Å². The Balaban J connectivity index is 1.25. The minimum absolute atomic E-state index is 0.105. The number of hydrogen-bond donors (Lipinski definition) is 2. The minimum Gasteiger partial charge on any atom is -0.382 e. The molecule has 8 heteroatoms. The Morgan fingerprint density at radius 2 is 1.64 bits per heavy atom. The van der Waals surface area contributed by atoms with Crippen molar-refractivity contribution in [1.82, 2.24) is 10.3 Å². The molecule has 0 saturated heterocycles. The lowest BCUT2D eigenvalue weighted by Gasteiger charge is -2.30. The Morgan fingerprint density at radius 3 is 2.33 bits per heavy atom. The summed E-state index contributed by atoms with van der Waals surface area (Å²) in [4.78, 5) is 16.8. The number of rotatable bonds is 6. The molecule has 33 heavy (non-hydrogen) atoms. The first-order chi connectivity index (χ1) is 15.7. The molecule has 4 rings (SSSR count). The van der Waals surface area contributed by atoms with E-state index in [2.05, 4.69) is 15.6 Å². The summed E-state index contributed by atoms with van der Waals surface area (Å²) in [5.74, 6) is -0.105. The maximum atomic E-state index is 12.5. The zero-order chi connectivity index (χ0) is 23.4. The van der Waals surface area contributed by atoms with Crippen molar-refractivity contribution in [3.8, 4) is 0 Å². The number of nitrogens with zero attached hydrogens (tertiary/aromatic N) is 1. The van der Waals surface area contributed by atoms with E-state index in [1.54, 1.807) is 18.3 Å². The number of anilines is 1. The Labute approximate surface area is 195 Å². The van der Waals surface area contributed by atoms with Crippen LogP contribution in [0, 0.1) is 0 Å². The number of benzene rings is 2. The summed E-state index contributed by atoms with van der Waals surface area (Å²) in [6, 6.07) is 14.1. The van der Waals surface area contributed by atoms with Crippen LogP contribution in [0.25, 0.3) is 10.9 Å². The van der Waals surface area contributed by atoms with Crippen LogP contribution in [0.5, 0.6) is 0 Å². The highest BCUT2D eigenvalue weighted by molar-refractivity contribution is 6.31. The smallest absolute Gasteiger partial charge is 0.382 e. The molecule has 0 atom stereocenters. The van der Waals surface area contributed by atoms with Gasteiger partial charge in [-0.15, -0.1) is 0 Å². The highest BCUT2D eigenvalue weighted by Gasteiger charge is 2.27. The van der Waals surface area contributed by atoms with E-state index < -0.39 is 12.6 Å². The molecule has 0 unspecified atom stereocenters. The van der Waals surface area contributed by atoms with Crippen molar-refractivity contribution in [2.24, 2.45) is 0 Å². The van der Waals surface area contributed by atoms with Gasteiger partial charge in [0.1, 0.15) is 0 Å². The molecule has 2 aromatic carbocycles. The second-order valence-corrected chi connectivity index (χ2v) is 9.00. The molecule has 0 spiro atoms. The molecular weight excluding hydrogens is 451 g/mol. The Morgan fingerprint density at radius 1 is 0.970 bits per heavy atom. The van der Waals surface area contributed by atoms with Crippen LogP contribution in [-0.4, -0.2) is 29.2 Å². The van der Waals surface area contributed by atoms with Gasteiger partial charge in [-0.25, -0.2) is 0 Å². The number of fused-ring (bicyclic) bond motifs is 1. The van der Waals surface area contributed by atoms with Crippen LogP contribution in [0.2, 0.25) is 5.02 Å². The average Bonchev–Trinajstić information content (AvgIpc) is 2.75. The maximum absolute atomic E-state index is 12.5. The molecule has 0 aliphatic heterocycles. The van der Waals surface area contributed by atoms with Crippen LogP contribution in [0.15, 0.2) is 54.7 Å². The number of aromatic nitrogens is 1. The molecule has 1 aliphatic rings. The maximum Gasteiger partial charge on any atom is 0.393 e. The molecule has 1 fully saturated rings. The standard InChI is InChI=1S/C25H25ClF3N3O/c26-18-5-10-21-22(11-12-30-23(21)14-18)31-19-6-8-20(9-7-19)32-24(33)13-16-1-3-17(4-2-16)15-25(27,28)29/h1-5,10-12,14,19-20H,6-9,13,15H2,(H,30,31)(H,32,33). The summed E-state index contributed by atoms with van der Waals surface area (Å²) >= 11 is 6.07. The molecule has 1 heterocycles. The number of halogens is 4. The van der Waals surface area contributed by atoms with E-state index in [-0.39, 0.29) is 23.9 Å². The molecule has 1 aliphatic carbocycles. The quantitative estimate of drug-likeness (QED) is 0.454. The fraction of sp³-hybridized carbons (Fsp3) is 0.360. The molecule has 4 nitrogen and oxygen atoms in total. The van der Waals surface area contributed by atoms with E-state index in [1.165, 1.54) is 12.1 Å². The molecule has 1 aromatic heterocycles. The van der Waals surface area contributed by atoms with E-state index in [4.69, 9.17) is 11.6 Å². The lowest BCUT2D eigenvalue weighted by Crippen LogP contribution is -2.40. The highest BCUT2D eigenvalue weighted by atomic mass is 35.5. The third-order valence-electron chi connectivity index (χ3n) is 5.95. The lowest BCUT2D eigenvalue weighted by molar-refractivity contribution is -0.127. The number of hydrogen-bond acceptors (Lipinski definition) is 3. The van der Waals surface area contributed by atoms with Crippen LogP contribution in [0.3, 0.4) is 0 Å². The largest absolute Gasteiger partial charge is 0.393 e. The first-order valence-electron chi connectivity index (χ1n) is 11.0. The van der Waals surface area contributed by atoms with Gasteiger partial charge in [-0.1, -0.05) is 35.9 Å². The van der Waals surface area contributed by atoms with Crippen LogP contribution in [0.1, 0.15) is 36.8 Å². The van der Waals surface area contributed by atoms with Gasteiger partial charge in [-0.05, 0) is 61.1 Å². The number of carbonyl (C=O) groups is 1. The van der Waals surface area contributed by atoms with Crippen molar-refractivity contribution in [2.75, 3.05) is 5.32 Å². The molecule has 1 saturated carbocycles. The predicted octanol–water partition coefficient (Wildman–Crippen LogP) is 6.08.